The van der Waals surface area contributed by atoms with Crippen LogP contribution < -0.4 is 10.6 Å². The third-order valence-electron chi connectivity index (χ3n) is 3.99. The van der Waals surface area contributed by atoms with Gasteiger partial charge in [-0.3, -0.25) is 9.59 Å². The highest BCUT2D eigenvalue weighted by Gasteiger charge is 2.24. The van der Waals surface area contributed by atoms with E-state index in [4.69, 9.17) is 4.74 Å². The van der Waals surface area contributed by atoms with Gasteiger partial charge in [0.15, 0.2) is 0 Å². The van der Waals surface area contributed by atoms with Crippen LogP contribution in [-0.4, -0.2) is 23.8 Å². The second-order valence-corrected chi connectivity index (χ2v) is 7.01. The molecule has 1 atom stereocenters. The fraction of sp³-hybridized carbons (Fsp3) is 0.318. The molecule has 2 aromatic carbocycles. The van der Waals surface area contributed by atoms with E-state index in [1.54, 1.807) is 24.3 Å². The number of hydrogen-bond donors (Lipinski definition) is 2. The molecule has 2 rings (SSSR count). The second-order valence-electron chi connectivity index (χ2n) is 7.01. The Morgan fingerprint density at radius 1 is 0.964 bits per heavy atom. The van der Waals surface area contributed by atoms with Crippen molar-refractivity contribution in [3.05, 3.63) is 65.7 Å². The van der Waals surface area contributed by atoms with Crippen molar-refractivity contribution in [2.24, 2.45) is 5.92 Å². The van der Waals surface area contributed by atoms with E-state index in [0.717, 1.165) is 5.56 Å². The first kappa shape index (κ1) is 21.2. The SMILES string of the molecule is CC(=O)Nc1ccc(C(=O)N[C@@H](CC(C)C)C(=O)OCc2ccccc2)cc1. The molecule has 0 aromatic heterocycles. The van der Waals surface area contributed by atoms with Crippen molar-refractivity contribution in [2.75, 3.05) is 5.32 Å². The Morgan fingerprint density at radius 3 is 2.18 bits per heavy atom. The molecule has 0 fully saturated rings. The minimum absolute atomic E-state index is 0.162. The average Bonchev–Trinajstić information content (AvgIpc) is 2.66. The quantitative estimate of drug-likeness (QED) is 0.684. The van der Waals surface area contributed by atoms with E-state index in [1.807, 2.05) is 44.2 Å². The van der Waals surface area contributed by atoms with Gasteiger partial charge in [-0.25, -0.2) is 4.79 Å². The first-order valence-electron chi connectivity index (χ1n) is 9.24. The van der Waals surface area contributed by atoms with Crippen LogP contribution in [0.5, 0.6) is 0 Å². The minimum Gasteiger partial charge on any atom is -0.459 e. The van der Waals surface area contributed by atoms with Crippen molar-refractivity contribution < 1.29 is 19.1 Å². The molecule has 148 valence electrons. The van der Waals surface area contributed by atoms with E-state index < -0.39 is 12.0 Å². The molecular formula is C22H26N2O4. The average molecular weight is 382 g/mol. The lowest BCUT2D eigenvalue weighted by Crippen LogP contribution is -2.42. The van der Waals surface area contributed by atoms with Gasteiger partial charge < -0.3 is 15.4 Å². The molecule has 0 bridgehead atoms. The van der Waals surface area contributed by atoms with E-state index in [-0.39, 0.29) is 24.3 Å². The fourth-order valence-electron chi connectivity index (χ4n) is 2.66. The lowest BCUT2D eigenvalue weighted by atomic mass is 10.0. The number of rotatable bonds is 8. The summed E-state index contributed by atoms with van der Waals surface area (Å²) in [5.41, 5.74) is 1.89. The van der Waals surface area contributed by atoms with Crippen LogP contribution in [0.3, 0.4) is 0 Å². The van der Waals surface area contributed by atoms with Crippen LogP contribution in [0.15, 0.2) is 54.6 Å². The first-order valence-corrected chi connectivity index (χ1v) is 9.24. The summed E-state index contributed by atoms with van der Waals surface area (Å²) < 4.78 is 5.39. The lowest BCUT2D eigenvalue weighted by molar-refractivity contribution is -0.147. The highest BCUT2D eigenvalue weighted by molar-refractivity contribution is 5.97. The van der Waals surface area contributed by atoms with Crippen molar-refractivity contribution in [3.8, 4) is 0 Å². The Labute approximate surface area is 165 Å². The fourth-order valence-corrected chi connectivity index (χ4v) is 2.66. The molecule has 2 amide bonds. The maximum Gasteiger partial charge on any atom is 0.328 e. The third kappa shape index (κ3) is 6.87. The van der Waals surface area contributed by atoms with Crippen molar-refractivity contribution >= 4 is 23.5 Å². The molecule has 0 spiro atoms. The molecule has 0 aliphatic heterocycles. The number of hydrogen-bond acceptors (Lipinski definition) is 4. The van der Waals surface area contributed by atoms with E-state index in [1.165, 1.54) is 6.92 Å². The predicted molar refractivity (Wildman–Crippen MR) is 108 cm³/mol. The number of nitrogens with one attached hydrogen (secondary N) is 2. The van der Waals surface area contributed by atoms with Gasteiger partial charge in [0.05, 0.1) is 0 Å². The van der Waals surface area contributed by atoms with Gasteiger partial charge in [-0.05, 0) is 42.2 Å². The molecule has 6 nitrogen and oxygen atoms in total. The van der Waals surface area contributed by atoms with Crippen LogP contribution in [0, 0.1) is 5.92 Å². The maximum atomic E-state index is 12.5. The Bertz CT molecular complexity index is 801. The zero-order valence-electron chi connectivity index (χ0n) is 16.4. The molecule has 0 heterocycles. The molecule has 0 aliphatic rings. The number of amides is 2. The largest absolute Gasteiger partial charge is 0.459 e. The predicted octanol–water partition coefficient (Wildman–Crippen LogP) is 3.53. The summed E-state index contributed by atoms with van der Waals surface area (Å²) in [7, 11) is 0. The van der Waals surface area contributed by atoms with Crippen molar-refractivity contribution in [3.63, 3.8) is 0 Å². The van der Waals surface area contributed by atoms with Gasteiger partial charge in [-0.1, -0.05) is 44.2 Å². The number of benzene rings is 2. The molecular weight excluding hydrogens is 356 g/mol. The van der Waals surface area contributed by atoms with Gasteiger partial charge in [0.1, 0.15) is 12.6 Å². The van der Waals surface area contributed by atoms with Crippen molar-refractivity contribution in [1.82, 2.24) is 5.32 Å². The van der Waals surface area contributed by atoms with Crippen LogP contribution in [-0.2, 0) is 20.9 Å². The van der Waals surface area contributed by atoms with Crippen LogP contribution in [0.2, 0.25) is 0 Å². The number of carbonyl (C=O) groups excluding carboxylic acids is 3. The minimum atomic E-state index is -0.730. The summed E-state index contributed by atoms with van der Waals surface area (Å²) >= 11 is 0. The van der Waals surface area contributed by atoms with Gasteiger partial charge in [0, 0.05) is 18.2 Å². The standard InChI is InChI=1S/C22H26N2O4/c1-15(2)13-20(22(27)28-14-17-7-5-4-6-8-17)24-21(26)18-9-11-19(12-10-18)23-16(3)25/h4-12,15,20H,13-14H2,1-3H3,(H,23,25)(H,24,26)/t20-/m0/s1. The lowest BCUT2D eigenvalue weighted by Gasteiger charge is -2.19. The number of carbonyl (C=O) groups is 3. The smallest absolute Gasteiger partial charge is 0.328 e. The maximum absolute atomic E-state index is 12.5. The van der Waals surface area contributed by atoms with E-state index in [2.05, 4.69) is 10.6 Å². The van der Waals surface area contributed by atoms with Gasteiger partial charge in [0.25, 0.3) is 5.91 Å². The summed E-state index contributed by atoms with van der Waals surface area (Å²) in [5.74, 6) is -0.801. The molecule has 28 heavy (non-hydrogen) atoms. The highest BCUT2D eigenvalue weighted by atomic mass is 16.5. The summed E-state index contributed by atoms with van der Waals surface area (Å²) in [6.45, 7) is 5.53. The van der Waals surface area contributed by atoms with Gasteiger partial charge >= 0.3 is 5.97 Å². The normalized spacial score (nSPS) is 11.6. The third-order valence-corrected chi connectivity index (χ3v) is 3.99. The van der Waals surface area contributed by atoms with Crippen LogP contribution in [0.4, 0.5) is 5.69 Å². The van der Waals surface area contributed by atoms with Gasteiger partial charge in [-0.15, -0.1) is 0 Å². The van der Waals surface area contributed by atoms with E-state index >= 15 is 0 Å². The van der Waals surface area contributed by atoms with Gasteiger partial charge in [-0.2, -0.15) is 0 Å². The van der Waals surface area contributed by atoms with Crippen LogP contribution in [0.1, 0.15) is 43.1 Å². The van der Waals surface area contributed by atoms with E-state index in [9.17, 15) is 14.4 Å². The summed E-state index contributed by atoms with van der Waals surface area (Å²) in [5, 5.41) is 5.40. The van der Waals surface area contributed by atoms with Crippen LogP contribution >= 0.6 is 0 Å². The molecule has 6 heteroatoms. The second kappa shape index (κ2) is 10.3. The summed E-state index contributed by atoms with van der Waals surface area (Å²) in [6.07, 6.45) is 0.476. The Kier molecular flexibility index (Phi) is 7.75. The monoisotopic (exact) mass is 382 g/mol. The Hall–Kier alpha value is -3.15. The van der Waals surface area contributed by atoms with Gasteiger partial charge in [0.2, 0.25) is 5.91 Å². The Morgan fingerprint density at radius 2 is 1.61 bits per heavy atom. The number of anilines is 1. The summed E-state index contributed by atoms with van der Waals surface area (Å²) in [4.78, 5) is 36.1. The van der Waals surface area contributed by atoms with Crippen molar-refractivity contribution in [2.45, 2.75) is 39.8 Å². The zero-order valence-corrected chi connectivity index (χ0v) is 16.4. The number of ether oxygens (including phenoxy) is 1. The highest BCUT2D eigenvalue weighted by Crippen LogP contribution is 2.12. The molecule has 0 radical (unpaired) electrons. The molecule has 0 saturated heterocycles. The molecule has 0 saturated carbocycles. The van der Waals surface area contributed by atoms with Crippen LogP contribution in [0.25, 0.3) is 0 Å². The first-order chi connectivity index (χ1) is 13.3. The Balaban J connectivity index is 2.00. The molecule has 0 unspecified atom stereocenters. The topological polar surface area (TPSA) is 84.5 Å². The molecule has 2 N–H and O–H groups in total. The summed E-state index contributed by atoms with van der Waals surface area (Å²) in [6, 6.07) is 15.1. The number of esters is 1. The van der Waals surface area contributed by atoms with Crippen molar-refractivity contribution in [1.29, 1.82) is 0 Å². The molecule has 0 aliphatic carbocycles. The molecule has 2 aromatic rings. The van der Waals surface area contributed by atoms with E-state index in [0.29, 0.717) is 17.7 Å². The zero-order chi connectivity index (χ0) is 20.5.